The number of hydrogen-bond acceptors (Lipinski definition) is 6. The second-order valence-corrected chi connectivity index (χ2v) is 10.2. The average Bonchev–Trinajstić information content (AvgIpc) is 3.61. The molecule has 2 amide bonds. The molecule has 0 bridgehead atoms. The van der Waals surface area contributed by atoms with Crippen LogP contribution in [-0.2, 0) is 9.53 Å². The van der Waals surface area contributed by atoms with Crippen molar-refractivity contribution < 1.29 is 19.4 Å². The highest BCUT2D eigenvalue weighted by molar-refractivity contribution is 7.10. The van der Waals surface area contributed by atoms with Gasteiger partial charge in [-0.3, -0.25) is 9.59 Å². The van der Waals surface area contributed by atoms with Crippen LogP contribution in [0.5, 0.6) is 0 Å². The fourth-order valence-electron chi connectivity index (χ4n) is 4.78. The van der Waals surface area contributed by atoms with Crippen molar-refractivity contribution in [1.29, 1.82) is 0 Å². The minimum absolute atomic E-state index is 0.000438. The van der Waals surface area contributed by atoms with Crippen LogP contribution in [0.2, 0.25) is 0 Å². The minimum atomic E-state index is -0.452. The van der Waals surface area contributed by atoms with Crippen molar-refractivity contribution >= 4 is 28.8 Å². The maximum Gasteiger partial charge on any atom is 0.253 e. The van der Waals surface area contributed by atoms with Crippen LogP contribution in [-0.4, -0.2) is 57.9 Å². The van der Waals surface area contributed by atoms with E-state index in [0.717, 1.165) is 36.2 Å². The van der Waals surface area contributed by atoms with Crippen LogP contribution in [0.3, 0.4) is 0 Å². The van der Waals surface area contributed by atoms with Gasteiger partial charge in [-0.25, -0.2) is 4.68 Å². The number of nitrogens with zero attached hydrogens (tertiary/aromatic N) is 3. The Hall–Kier alpha value is -3.01. The molecule has 1 aromatic carbocycles. The summed E-state index contributed by atoms with van der Waals surface area (Å²) < 4.78 is 7.01. The summed E-state index contributed by atoms with van der Waals surface area (Å²) in [7, 11) is 0. The maximum atomic E-state index is 13.0. The third-order valence-electron chi connectivity index (χ3n) is 6.93. The van der Waals surface area contributed by atoms with Gasteiger partial charge < -0.3 is 20.1 Å². The van der Waals surface area contributed by atoms with Gasteiger partial charge in [0.15, 0.2) is 0 Å². The SMILES string of the molecule is O=C(Nc1cnn(-c2ccc(C(=O)N3CCC([C@H](O)c4cccs4)CC3)cc2)c1)C1CCOCC1. The summed E-state index contributed by atoms with van der Waals surface area (Å²) in [5.74, 6) is 0.161. The van der Waals surface area contributed by atoms with Crippen LogP contribution in [0.15, 0.2) is 54.2 Å². The Morgan fingerprint density at radius 1 is 1.09 bits per heavy atom. The molecule has 8 nitrogen and oxygen atoms in total. The third-order valence-corrected chi connectivity index (χ3v) is 7.87. The Kier molecular flexibility index (Phi) is 7.26. The lowest BCUT2D eigenvalue weighted by molar-refractivity contribution is -0.122. The first-order valence-corrected chi connectivity index (χ1v) is 13.0. The van der Waals surface area contributed by atoms with E-state index >= 15 is 0 Å². The highest BCUT2D eigenvalue weighted by Crippen LogP contribution is 2.33. The van der Waals surface area contributed by atoms with Gasteiger partial charge in [-0.2, -0.15) is 5.10 Å². The monoisotopic (exact) mass is 494 g/mol. The lowest BCUT2D eigenvalue weighted by Gasteiger charge is -2.34. The zero-order valence-corrected chi connectivity index (χ0v) is 20.3. The molecule has 3 aromatic rings. The van der Waals surface area contributed by atoms with E-state index in [4.69, 9.17) is 4.74 Å². The molecule has 2 aliphatic heterocycles. The predicted octanol–water partition coefficient (Wildman–Crippen LogP) is 3.88. The number of nitrogens with one attached hydrogen (secondary N) is 1. The third kappa shape index (κ3) is 5.47. The number of benzene rings is 1. The molecule has 0 unspecified atom stereocenters. The van der Waals surface area contributed by atoms with Crippen LogP contribution in [0, 0.1) is 11.8 Å². The van der Waals surface area contributed by atoms with Gasteiger partial charge in [-0.1, -0.05) is 6.07 Å². The van der Waals surface area contributed by atoms with E-state index in [1.54, 1.807) is 28.4 Å². The topological polar surface area (TPSA) is 96.7 Å². The standard InChI is InChI=1S/C26H30N4O4S/c31-24(23-2-1-15-35-23)18-7-11-29(12-8-18)26(33)20-3-5-22(6-4-20)30-17-21(16-27-30)28-25(32)19-9-13-34-14-10-19/h1-6,15-19,24,31H,7-14H2,(H,28,32)/t24-/m0/s1. The zero-order chi connectivity index (χ0) is 24.2. The molecule has 0 saturated carbocycles. The van der Waals surface area contributed by atoms with Crippen molar-refractivity contribution in [2.75, 3.05) is 31.6 Å². The second kappa shape index (κ2) is 10.7. The smallest absolute Gasteiger partial charge is 0.253 e. The summed E-state index contributed by atoms with van der Waals surface area (Å²) in [5.41, 5.74) is 2.09. The normalized spacial score (nSPS) is 18.4. The van der Waals surface area contributed by atoms with Crippen molar-refractivity contribution in [3.63, 3.8) is 0 Å². The van der Waals surface area contributed by atoms with Crippen LogP contribution in [0.1, 0.15) is 47.0 Å². The molecule has 2 N–H and O–H groups in total. The first-order chi connectivity index (χ1) is 17.1. The first kappa shape index (κ1) is 23.7. The van der Waals surface area contributed by atoms with Gasteiger partial charge in [0.1, 0.15) is 0 Å². The molecule has 2 saturated heterocycles. The molecule has 35 heavy (non-hydrogen) atoms. The molecule has 0 spiro atoms. The van der Waals surface area contributed by atoms with Crippen molar-refractivity contribution in [3.05, 3.63) is 64.6 Å². The molecule has 0 radical (unpaired) electrons. The first-order valence-electron chi connectivity index (χ1n) is 12.1. The van der Waals surface area contributed by atoms with Crippen molar-refractivity contribution in [1.82, 2.24) is 14.7 Å². The van der Waals surface area contributed by atoms with Gasteiger partial charge in [0.05, 0.1) is 29.9 Å². The number of aliphatic hydroxyl groups excluding tert-OH is 1. The number of piperidine rings is 1. The molecular formula is C26H30N4O4S. The van der Waals surface area contributed by atoms with Gasteiger partial charge >= 0.3 is 0 Å². The number of hydrogen-bond donors (Lipinski definition) is 2. The van der Waals surface area contributed by atoms with E-state index < -0.39 is 6.10 Å². The molecule has 9 heteroatoms. The van der Waals surface area contributed by atoms with E-state index in [-0.39, 0.29) is 23.7 Å². The zero-order valence-electron chi connectivity index (χ0n) is 19.5. The molecule has 184 valence electrons. The van der Waals surface area contributed by atoms with E-state index in [2.05, 4.69) is 10.4 Å². The van der Waals surface area contributed by atoms with Gasteiger partial charge in [0, 0.05) is 42.7 Å². The van der Waals surface area contributed by atoms with Crippen LogP contribution in [0.4, 0.5) is 5.69 Å². The largest absolute Gasteiger partial charge is 0.387 e. The molecule has 1 atom stereocenters. The Balaban J connectivity index is 1.16. The summed E-state index contributed by atoms with van der Waals surface area (Å²) >= 11 is 1.58. The molecule has 5 rings (SSSR count). The summed E-state index contributed by atoms with van der Waals surface area (Å²) in [4.78, 5) is 28.3. The second-order valence-electron chi connectivity index (χ2n) is 9.19. The predicted molar refractivity (Wildman–Crippen MR) is 134 cm³/mol. The van der Waals surface area contributed by atoms with Gasteiger partial charge in [0.25, 0.3) is 5.91 Å². The Morgan fingerprint density at radius 3 is 2.51 bits per heavy atom. The molecule has 2 aliphatic rings. The number of rotatable bonds is 6. The van der Waals surface area contributed by atoms with Crippen LogP contribution < -0.4 is 5.32 Å². The quantitative estimate of drug-likeness (QED) is 0.542. The number of ether oxygens (including phenoxy) is 1. The number of carbonyl (C=O) groups is 2. The minimum Gasteiger partial charge on any atom is -0.387 e. The summed E-state index contributed by atoms with van der Waals surface area (Å²) in [6.07, 6.45) is 6.01. The van der Waals surface area contributed by atoms with Crippen LogP contribution in [0.25, 0.3) is 5.69 Å². The Morgan fingerprint density at radius 2 is 1.83 bits per heavy atom. The van der Waals surface area contributed by atoms with E-state index in [0.29, 0.717) is 37.6 Å². The number of anilines is 1. The number of carbonyl (C=O) groups excluding carboxylic acids is 2. The summed E-state index contributed by atoms with van der Waals surface area (Å²) in [6, 6.07) is 11.3. The number of aromatic nitrogens is 2. The lowest BCUT2D eigenvalue weighted by atomic mass is 9.90. The number of aliphatic hydroxyl groups is 1. The number of thiophene rings is 1. The van der Waals surface area contributed by atoms with E-state index in [1.165, 1.54) is 0 Å². The molecule has 2 aromatic heterocycles. The van der Waals surface area contributed by atoms with Crippen molar-refractivity contribution in [2.45, 2.75) is 31.8 Å². The van der Waals surface area contributed by atoms with Crippen molar-refractivity contribution in [3.8, 4) is 5.69 Å². The fourth-order valence-corrected chi connectivity index (χ4v) is 5.59. The average molecular weight is 495 g/mol. The summed E-state index contributed by atoms with van der Waals surface area (Å²) in [6.45, 7) is 2.53. The van der Waals surface area contributed by atoms with Gasteiger partial charge in [-0.15, -0.1) is 11.3 Å². The fraction of sp³-hybridized carbons (Fsp3) is 0.423. The van der Waals surface area contributed by atoms with Crippen molar-refractivity contribution in [2.24, 2.45) is 11.8 Å². The maximum absolute atomic E-state index is 13.0. The van der Waals surface area contributed by atoms with E-state index in [1.807, 2.05) is 46.7 Å². The molecule has 0 aliphatic carbocycles. The Labute approximate surface area is 208 Å². The summed E-state index contributed by atoms with van der Waals surface area (Å²) in [5, 5.41) is 19.9. The lowest BCUT2D eigenvalue weighted by Crippen LogP contribution is -2.39. The molecular weight excluding hydrogens is 464 g/mol. The molecule has 4 heterocycles. The molecule has 2 fully saturated rings. The number of likely N-dealkylation sites (tertiary alicyclic amines) is 1. The van der Waals surface area contributed by atoms with Gasteiger partial charge in [0.2, 0.25) is 5.91 Å². The van der Waals surface area contributed by atoms with Gasteiger partial charge in [-0.05, 0) is 67.3 Å². The highest BCUT2D eigenvalue weighted by Gasteiger charge is 2.29. The number of amides is 2. The van der Waals surface area contributed by atoms with Crippen LogP contribution >= 0.6 is 11.3 Å². The van der Waals surface area contributed by atoms with E-state index in [9.17, 15) is 14.7 Å². The Bertz CT molecular complexity index is 1130. The highest BCUT2D eigenvalue weighted by atomic mass is 32.1.